The van der Waals surface area contributed by atoms with Crippen LogP contribution in [0.1, 0.15) is 29.8 Å². The molecule has 0 aliphatic heterocycles. The van der Waals surface area contributed by atoms with E-state index in [9.17, 15) is 13.2 Å². The molecule has 0 saturated heterocycles. The van der Waals surface area contributed by atoms with Crippen molar-refractivity contribution >= 4 is 25.6 Å². The number of methoxy groups -OCH3 is 1. The SMILES string of the molecule is COCc1ccc(C(=O)N(C)CC(C)C)cc1S(=O)(=O)Cl. The third-order valence-corrected chi connectivity index (χ3v) is 4.27. The number of carbonyl (C=O) groups is 1. The summed E-state index contributed by atoms with van der Waals surface area (Å²) in [5.41, 5.74) is 0.716. The summed E-state index contributed by atoms with van der Waals surface area (Å²) in [6, 6.07) is 4.43. The van der Waals surface area contributed by atoms with Crippen LogP contribution in [0.15, 0.2) is 23.1 Å². The summed E-state index contributed by atoms with van der Waals surface area (Å²) in [4.78, 5) is 13.8. The summed E-state index contributed by atoms with van der Waals surface area (Å²) in [6.07, 6.45) is 0. The Morgan fingerprint density at radius 1 is 1.38 bits per heavy atom. The first kappa shape index (κ1) is 17.9. The minimum absolute atomic E-state index is 0.0881. The molecule has 0 radical (unpaired) electrons. The average molecular weight is 334 g/mol. The smallest absolute Gasteiger partial charge is 0.261 e. The molecular formula is C14H20ClNO4S. The van der Waals surface area contributed by atoms with E-state index < -0.39 is 9.05 Å². The second kappa shape index (κ2) is 7.24. The van der Waals surface area contributed by atoms with Gasteiger partial charge in [-0.05, 0) is 23.6 Å². The van der Waals surface area contributed by atoms with Gasteiger partial charge < -0.3 is 9.64 Å². The van der Waals surface area contributed by atoms with Crippen LogP contribution in [0.25, 0.3) is 0 Å². The maximum atomic E-state index is 12.3. The van der Waals surface area contributed by atoms with Crippen molar-refractivity contribution in [2.45, 2.75) is 25.3 Å². The van der Waals surface area contributed by atoms with Crippen molar-refractivity contribution < 1.29 is 17.9 Å². The summed E-state index contributed by atoms with van der Waals surface area (Å²) >= 11 is 0. The molecule has 118 valence electrons. The van der Waals surface area contributed by atoms with Gasteiger partial charge in [-0.1, -0.05) is 19.9 Å². The molecular weight excluding hydrogens is 314 g/mol. The van der Waals surface area contributed by atoms with Crippen molar-refractivity contribution in [2.75, 3.05) is 20.7 Å². The number of nitrogens with zero attached hydrogens (tertiary/aromatic N) is 1. The van der Waals surface area contributed by atoms with E-state index in [1.807, 2.05) is 13.8 Å². The molecule has 1 aromatic rings. The molecule has 1 aromatic carbocycles. The van der Waals surface area contributed by atoms with Crippen LogP contribution in [-0.2, 0) is 20.4 Å². The molecule has 0 spiro atoms. The van der Waals surface area contributed by atoms with Crippen LogP contribution in [0.4, 0.5) is 0 Å². The molecule has 1 amide bonds. The molecule has 0 unspecified atom stereocenters. The van der Waals surface area contributed by atoms with Crippen molar-refractivity contribution in [3.05, 3.63) is 29.3 Å². The van der Waals surface area contributed by atoms with Gasteiger partial charge in [0.15, 0.2) is 0 Å². The number of rotatable bonds is 6. The molecule has 0 aliphatic carbocycles. The normalized spacial score (nSPS) is 11.7. The zero-order valence-electron chi connectivity index (χ0n) is 12.6. The Labute approximate surface area is 130 Å². The van der Waals surface area contributed by atoms with Gasteiger partial charge in [-0.2, -0.15) is 0 Å². The highest BCUT2D eigenvalue weighted by Crippen LogP contribution is 2.23. The van der Waals surface area contributed by atoms with E-state index in [1.165, 1.54) is 13.2 Å². The van der Waals surface area contributed by atoms with Crippen LogP contribution in [0, 0.1) is 5.92 Å². The van der Waals surface area contributed by atoms with Gasteiger partial charge in [-0.3, -0.25) is 4.79 Å². The summed E-state index contributed by atoms with van der Waals surface area (Å²) in [6.45, 7) is 4.69. The second-order valence-electron chi connectivity index (χ2n) is 5.27. The van der Waals surface area contributed by atoms with Gasteiger partial charge >= 0.3 is 0 Å². The van der Waals surface area contributed by atoms with Gasteiger partial charge in [0.2, 0.25) is 0 Å². The standard InChI is InChI=1S/C14H20ClNO4S/c1-10(2)8-16(3)14(17)11-5-6-12(9-20-4)13(7-11)21(15,18)19/h5-7,10H,8-9H2,1-4H3. The Hall–Kier alpha value is -1.11. The van der Waals surface area contributed by atoms with E-state index in [0.717, 1.165) is 0 Å². The van der Waals surface area contributed by atoms with E-state index in [1.54, 1.807) is 24.1 Å². The topological polar surface area (TPSA) is 63.7 Å². The van der Waals surface area contributed by atoms with Crippen LogP contribution in [0.3, 0.4) is 0 Å². The molecule has 1 rings (SSSR count). The van der Waals surface area contributed by atoms with Crippen molar-refractivity contribution in [3.8, 4) is 0 Å². The number of hydrogen-bond donors (Lipinski definition) is 0. The summed E-state index contributed by atoms with van der Waals surface area (Å²) in [7, 11) is 4.63. The number of halogens is 1. The second-order valence-corrected chi connectivity index (χ2v) is 7.81. The Bertz CT molecular complexity index is 613. The number of carbonyl (C=O) groups excluding carboxylic acids is 1. The van der Waals surface area contributed by atoms with Crippen molar-refractivity contribution in [1.82, 2.24) is 4.90 Å². The quantitative estimate of drug-likeness (QED) is 0.750. The van der Waals surface area contributed by atoms with E-state index in [4.69, 9.17) is 15.4 Å². The summed E-state index contributed by atoms with van der Waals surface area (Å²) in [5.74, 6) is 0.0807. The highest BCUT2D eigenvalue weighted by molar-refractivity contribution is 8.13. The maximum absolute atomic E-state index is 12.3. The first-order valence-corrected chi connectivity index (χ1v) is 8.79. The van der Waals surface area contributed by atoms with Gasteiger partial charge in [0, 0.05) is 36.9 Å². The lowest BCUT2D eigenvalue weighted by Gasteiger charge is -2.20. The zero-order chi connectivity index (χ0) is 16.2. The highest BCUT2D eigenvalue weighted by atomic mass is 35.7. The van der Waals surface area contributed by atoms with Crippen molar-refractivity contribution in [2.24, 2.45) is 5.92 Å². The van der Waals surface area contributed by atoms with Crippen LogP contribution >= 0.6 is 10.7 Å². The molecule has 21 heavy (non-hydrogen) atoms. The monoisotopic (exact) mass is 333 g/mol. The highest BCUT2D eigenvalue weighted by Gasteiger charge is 2.20. The van der Waals surface area contributed by atoms with Gasteiger partial charge in [0.05, 0.1) is 11.5 Å². The van der Waals surface area contributed by atoms with E-state index in [2.05, 4.69) is 0 Å². The van der Waals surface area contributed by atoms with Crippen molar-refractivity contribution in [3.63, 3.8) is 0 Å². The Morgan fingerprint density at radius 2 is 2.00 bits per heavy atom. The molecule has 5 nitrogen and oxygen atoms in total. The molecule has 0 saturated carbocycles. The molecule has 0 bridgehead atoms. The van der Waals surface area contributed by atoms with Crippen LogP contribution < -0.4 is 0 Å². The first-order valence-electron chi connectivity index (χ1n) is 6.48. The largest absolute Gasteiger partial charge is 0.380 e. The molecule has 0 N–H and O–H groups in total. The summed E-state index contributed by atoms with van der Waals surface area (Å²) in [5, 5.41) is 0. The fourth-order valence-electron chi connectivity index (χ4n) is 2.04. The number of ether oxygens (including phenoxy) is 1. The third kappa shape index (κ3) is 4.98. The van der Waals surface area contributed by atoms with E-state index in [-0.39, 0.29) is 23.0 Å². The molecule has 7 heteroatoms. The number of amides is 1. The minimum atomic E-state index is -3.94. The Morgan fingerprint density at radius 3 is 2.48 bits per heavy atom. The van der Waals surface area contributed by atoms with Crippen molar-refractivity contribution in [1.29, 1.82) is 0 Å². The molecule has 0 fully saturated rings. The van der Waals surface area contributed by atoms with E-state index in [0.29, 0.717) is 18.0 Å². The fraction of sp³-hybridized carbons (Fsp3) is 0.500. The van der Waals surface area contributed by atoms with E-state index >= 15 is 0 Å². The summed E-state index contributed by atoms with van der Waals surface area (Å²) < 4.78 is 28.2. The number of benzene rings is 1. The van der Waals surface area contributed by atoms with Gasteiger partial charge in [-0.15, -0.1) is 0 Å². The lowest BCUT2D eigenvalue weighted by molar-refractivity contribution is 0.0778. The minimum Gasteiger partial charge on any atom is -0.380 e. The first-order chi connectivity index (χ1) is 9.66. The lowest BCUT2D eigenvalue weighted by Crippen LogP contribution is -2.30. The van der Waals surface area contributed by atoms with Crippen LogP contribution in [0.5, 0.6) is 0 Å². The zero-order valence-corrected chi connectivity index (χ0v) is 14.2. The maximum Gasteiger partial charge on any atom is 0.261 e. The molecule has 0 heterocycles. The Balaban J connectivity index is 3.19. The fourth-order valence-corrected chi connectivity index (χ4v) is 3.18. The van der Waals surface area contributed by atoms with Gasteiger partial charge in [0.1, 0.15) is 0 Å². The third-order valence-electron chi connectivity index (χ3n) is 2.86. The Kier molecular flexibility index (Phi) is 6.19. The number of hydrogen-bond acceptors (Lipinski definition) is 4. The lowest BCUT2D eigenvalue weighted by atomic mass is 10.1. The predicted octanol–water partition coefficient (Wildman–Crippen LogP) is 2.49. The van der Waals surface area contributed by atoms with Gasteiger partial charge in [-0.25, -0.2) is 8.42 Å². The van der Waals surface area contributed by atoms with Gasteiger partial charge in [0.25, 0.3) is 15.0 Å². The predicted molar refractivity (Wildman–Crippen MR) is 82.0 cm³/mol. The van der Waals surface area contributed by atoms with Crippen LogP contribution in [-0.4, -0.2) is 39.9 Å². The average Bonchev–Trinajstić information content (AvgIpc) is 2.36. The molecule has 0 atom stereocenters. The molecule has 0 aliphatic rings. The molecule has 0 aromatic heterocycles. The van der Waals surface area contributed by atoms with Crippen LogP contribution in [0.2, 0.25) is 0 Å².